The molecule has 2 aliphatic rings. The number of amides is 1. The third-order valence-corrected chi connectivity index (χ3v) is 5.79. The van der Waals surface area contributed by atoms with Gasteiger partial charge in [0.15, 0.2) is 11.5 Å². The van der Waals surface area contributed by atoms with E-state index in [-0.39, 0.29) is 18.6 Å². The highest BCUT2D eigenvalue weighted by atomic mass is 32.1. The fourth-order valence-electron chi connectivity index (χ4n) is 3.44. The molecule has 1 amide bonds. The Morgan fingerprint density at radius 1 is 1.15 bits per heavy atom. The largest absolute Gasteiger partial charge is 0.454 e. The minimum absolute atomic E-state index is 0.107. The zero-order valence-corrected chi connectivity index (χ0v) is 15.3. The number of hydrogen-bond donors (Lipinski definition) is 0. The summed E-state index contributed by atoms with van der Waals surface area (Å²) in [5.74, 6) is 2.87. The Morgan fingerprint density at radius 2 is 2.00 bits per heavy atom. The molecule has 1 saturated heterocycles. The van der Waals surface area contributed by atoms with Crippen LogP contribution in [-0.2, 0) is 0 Å². The summed E-state index contributed by atoms with van der Waals surface area (Å²) in [6.07, 6.45) is 1.64. The number of thiophene rings is 1. The van der Waals surface area contributed by atoms with Gasteiger partial charge >= 0.3 is 0 Å². The number of likely N-dealkylation sites (tertiary alicyclic amines) is 1. The van der Waals surface area contributed by atoms with E-state index in [1.165, 1.54) is 11.3 Å². The van der Waals surface area contributed by atoms with Crippen molar-refractivity contribution in [2.45, 2.75) is 18.8 Å². The van der Waals surface area contributed by atoms with Crippen molar-refractivity contribution in [1.82, 2.24) is 15.0 Å². The molecule has 7 nitrogen and oxygen atoms in total. The molecule has 0 atom stereocenters. The van der Waals surface area contributed by atoms with Gasteiger partial charge in [0, 0.05) is 24.6 Å². The smallest absolute Gasteiger partial charge is 0.263 e. The lowest BCUT2D eigenvalue weighted by atomic mass is 9.96. The van der Waals surface area contributed by atoms with Gasteiger partial charge in [-0.3, -0.25) is 4.79 Å². The van der Waals surface area contributed by atoms with Crippen LogP contribution < -0.4 is 9.47 Å². The maximum absolute atomic E-state index is 12.4. The van der Waals surface area contributed by atoms with Crippen molar-refractivity contribution < 1.29 is 18.8 Å². The van der Waals surface area contributed by atoms with Gasteiger partial charge in [-0.1, -0.05) is 11.2 Å². The van der Waals surface area contributed by atoms with Crippen molar-refractivity contribution in [3.05, 3.63) is 46.5 Å². The molecule has 0 unspecified atom stereocenters. The second-order valence-corrected chi connectivity index (χ2v) is 7.52. The van der Waals surface area contributed by atoms with Gasteiger partial charge in [-0.25, -0.2) is 0 Å². The van der Waals surface area contributed by atoms with E-state index < -0.39 is 0 Å². The zero-order chi connectivity index (χ0) is 18.2. The van der Waals surface area contributed by atoms with E-state index in [9.17, 15) is 4.79 Å². The maximum Gasteiger partial charge on any atom is 0.263 e. The molecule has 0 saturated carbocycles. The number of rotatable bonds is 3. The molecule has 0 radical (unpaired) electrons. The third kappa shape index (κ3) is 3.06. The van der Waals surface area contributed by atoms with Gasteiger partial charge in [0.25, 0.3) is 5.91 Å². The van der Waals surface area contributed by atoms with Gasteiger partial charge in [-0.2, -0.15) is 4.98 Å². The summed E-state index contributed by atoms with van der Waals surface area (Å²) >= 11 is 1.48. The first-order chi connectivity index (χ1) is 13.3. The van der Waals surface area contributed by atoms with Crippen LogP contribution in [0.3, 0.4) is 0 Å². The fourth-order valence-corrected chi connectivity index (χ4v) is 4.13. The molecule has 0 bridgehead atoms. The molecule has 3 aromatic rings. The average molecular weight is 383 g/mol. The van der Waals surface area contributed by atoms with Crippen LogP contribution in [0.1, 0.15) is 34.3 Å². The number of nitrogens with zero attached hydrogens (tertiary/aromatic N) is 3. The fraction of sp³-hybridized carbons (Fsp3) is 0.316. The third-order valence-electron chi connectivity index (χ3n) is 4.94. The lowest BCUT2D eigenvalue weighted by Crippen LogP contribution is -2.37. The molecule has 0 spiro atoms. The zero-order valence-electron chi connectivity index (χ0n) is 14.5. The Labute approximate surface area is 159 Å². The summed E-state index contributed by atoms with van der Waals surface area (Å²) < 4.78 is 16.2. The number of fused-ring (bicyclic) bond motifs is 1. The van der Waals surface area contributed by atoms with Crippen LogP contribution in [0.4, 0.5) is 0 Å². The van der Waals surface area contributed by atoms with Crippen LogP contribution in [0.2, 0.25) is 0 Å². The summed E-state index contributed by atoms with van der Waals surface area (Å²) in [5, 5.41) is 6.05. The average Bonchev–Trinajstić information content (AvgIpc) is 3.48. The standard InChI is InChI=1S/C19H17N3O4S/c23-19(16-2-1-9-27-16)22-7-5-12(6-8-22)18-20-17(21-26-18)13-3-4-14-15(10-13)25-11-24-14/h1-4,9-10,12H,5-8,11H2. The van der Waals surface area contributed by atoms with Gasteiger partial charge < -0.3 is 18.9 Å². The van der Waals surface area contributed by atoms with Crippen molar-refractivity contribution in [1.29, 1.82) is 0 Å². The maximum atomic E-state index is 12.4. The monoisotopic (exact) mass is 383 g/mol. The number of aromatic nitrogens is 2. The highest BCUT2D eigenvalue weighted by Crippen LogP contribution is 2.36. The molecular formula is C19H17N3O4S. The summed E-state index contributed by atoms with van der Waals surface area (Å²) in [5.41, 5.74) is 0.833. The first kappa shape index (κ1) is 16.3. The number of carbonyl (C=O) groups is 1. The van der Waals surface area contributed by atoms with Crippen LogP contribution in [0.15, 0.2) is 40.2 Å². The van der Waals surface area contributed by atoms with Crippen molar-refractivity contribution in [2.24, 2.45) is 0 Å². The Bertz CT molecular complexity index is 961. The molecule has 138 valence electrons. The van der Waals surface area contributed by atoms with E-state index in [1.54, 1.807) is 0 Å². The lowest BCUT2D eigenvalue weighted by molar-refractivity contribution is 0.0709. The van der Waals surface area contributed by atoms with E-state index >= 15 is 0 Å². The normalized spacial score (nSPS) is 16.7. The highest BCUT2D eigenvalue weighted by Gasteiger charge is 2.28. The summed E-state index contributed by atoms with van der Waals surface area (Å²) in [7, 11) is 0. The topological polar surface area (TPSA) is 77.7 Å². The number of piperidine rings is 1. The van der Waals surface area contributed by atoms with E-state index in [4.69, 9.17) is 14.0 Å². The number of benzene rings is 1. The van der Waals surface area contributed by atoms with Crippen molar-refractivity contribution in [3.8, 4) is 22.9 Å². The molecule has 0 aliphatic carbocycles. The SMILES string of the molecule is O=C(c1cccs1)N1CCC(c2nc(-c3ccc4c(c3)OCO4)no2)CC1. The molecule has 2 aromatic heterocycles. The van der Waals surface area contributed by atoms with Gasteiger partial charge in [-0.05, 0) is 42.5 Å². The quantitative estimate of drug-likeness (QED) is 0.688. The summed E-state index contributed by atoms with van der Waals surface area (Å²) in [4.78, 5) is 19.7. The molecule has 2 aliphatic heterocycles. The minimum atomic E-state index is 0.107. The Hall–Kier alpha value is -2.87. The van der Waals surface area contributed by atoms with Crippen LogP contribution >= 0.6 is 11.3 Å². The molecule has 27 heavy (non-hydrogen) atoms. The van der Waals surface area contributed by atoms with E-state index in [2.05, 4.69) is 10.1 Å². The molecule has 8 heteroatoms. The van der Waals surface area contributed by atoms with Gasteiger partial charge in [0.1, 0.15) is 0 Å². The molecule has 1 fully saturated rings. The lowest BCUT2D eigenvalue weighted by Gasteiger charge is -2.30. The van der Waals surface area contributed by atoms with Gasteiger partial charge in [0.05, 0.1) is 4.88 Å². The van der Waals surface area contributed by atoms with Crippen LogP contribution in [-0.4, -0.2) is 40.8 Å². The summed E-state index contributed by atoms with van der Waals surface area (Å²) in [6.45, 7) is 1.63. The number of carbonyl (C=O) groups excluding carboxylic acids is 1. The van der Waals surface area contributed by atoms with Crippen molar-refractivity contribution >= 4 is 17.2 Å². The van der Waals surface area contributed by atoms with Gasteiger partial charge in [-0.15, -0.1) is 11.3 Å². The predicted molar refractivity (Wildman–Crippen MR) is 98.1 cm³/mol. The first-order valence-corrected chi connectivity index (χ1v) is 9.72. The predicted octanol–water partition coefficient (Wildman–Crippen LogP) is 3.55. The minimum Gasteiger partial charge on any atom is -0.454 e. The Kier molecular flexibility index (Phi) is 4.05. The highest BCUT2D eigenvalue weighted by molar-refractivity contribution is 7.12. The van der Waals surface area contributed by atoms with Crippen molar-refractivity contribution in [2.75, 3.05) is 19.9 Å². The Morgan fingerprint density at radius 3 is 2.81 bits per heavy atom. The van der Waals surface area contributed by atoms with E-state index in [1.807, 2.05) is 40.6 Å². The van der Waals surface area contributed by atoms with E-state index in [0.717, 1.165) is 29.0 Å². The second kappa shape index (κ2) is 6.70. The summed E-state index contributed by atoms with van der Waals surface area (Å²) in [6, 6.07) is 9.38. The molecule has 5 rings (SSSR count). The van der Waals surface area contributed by atoms with Crippen LogP contribution in [0.5, 0.6) is 11.5 Å². The number of hydrogen-bond acceptors (Lipinski definition) is 7. The molecular weight excluding hydrogens is 366 g/mol. The van der Waals surface area contributed by atoms with Crippen LogP contribution in [0.25, 0.3) is 11.4 Å². The number of ether oxygens (including phenoxy) is 2. The molecule has 0 N–H and O–H groups in total. The van der Waals surface area contributed by atoms with E-state index in [0.29, 0.717) is 30.6 Å². The Balaban J connectivity index is 1.27. The van der Waals surface area contributed by atoms with Gasteiger partial charge in [0.2, 0.25) is 18.5 Å². The molecule has 4 heterocycles. The van der Waals surface area contributed by atoms with Crippen molar-refractivity contribution in [3.63, 3.8) is 0 Å². The first-order valence-electron chi connectivity index (χ1n) is 8.84. The molecule has 1 aromatic carbocycles. The second-order valence-electron chi connectivity index (χ2n) is 6.57. The van der Waals surface area contributed by atoms with Crippen LogP contribution in [0, 0.1) is 0 Å².